The van der Waals surface area contributed by atoms with Gasteiger partial charge >= 0.3 is 5.97 Å². The molecule has 0 saturated carbocycles. The van der Waals surface area contributed by atoms with Crippen molar-refractivity contribution in [2.75, 3.05) is 60.3 Å². The molecule has 51 heavy (non-hydrogen) atoms. The second kappa shape index (κ2) is 17.4. The van der Waals surface area contributed by atoms with Crippen molar-refractivity contribution in [3.05, 3.63) is 99.0 Å². The SMILES string of the molecule is COC(=O)CN(CC(CCN1CCC(c2ccc(OC)cc2S(C)=O)CC1)c1ccc(Cl)c(Cl)c1)C(=O)c1c(OC)c(C#N)cc2ccccc12. The lowest BCUT2D eigenvalue weighted by molar-refractivity contribution is -0.141. The number of nitrogens with zero attached hydrogens (tertiary/aromatic N) is 3. The van der Waals surface area contributed by atoms with E-state index in [1.807, 2.05) is 48.5 Å². The average molecular weight is 751 g/mol. The van der Waals surface area contributed by atoms with Crippen LogP contribution in [-0.2, 0) is 20.3 Å². The maximum atomic E-state index is 14.6. The van der Waals surface area contributed by atoms with E-state index in [1.54, 1.807) is 31.6 Å². The molecule has 0 spiro atoms. The smallest absolute Gasteiger partial charge is 0.325 e. The molecule has 2 atom stereocenters. The van der Waals surface area contributed by atoms with Crippen molar-refractivity contribution in [1.29, 1.82) is 5.26 Å². The Hall–Kier alpha value is -4.14. The summed E-state index contributed by atoms with van der Waals surface area (Å²) in [5, 5.41) is 12.1. The number of amides is 1. The van der Waals surface area contributed by atoms with Gasteiger partial charge < -0.3 is 24.0 Å². The summed E-state index contributed by atoms with van der Waals surface area (Å²) in [4.78, 5) is 32.1. The highest BCUT2D eigenvalue weighted by atomic mass is 35.5. The van der Waals surface area contributed by atoms with Crippen LogP contribution >= 0.6 is 23.2 Å². The fourth-order valence-corrected chi connectivity index (χ4v) is 8.02. The lowest BCUT2D eigenvalue weighted by Gasteiger charge is -2.34. The second-order valence-corrected chi connectivity index (χ2v) is 14.7. The Morgan fingerprint density at radius 2 is 1.75 bits per heavy atom. The Bertz CT molecular complexity index is 1970. The molecule has 0 bridgehead atoms. The number of benzene rings is 4. The van der Waals surface area contributed by atoms with Crippen molar-refractivity contribution < 1.29 is 28.0 Å². The van der Waals surface area contributed by atoms with E-state index >= 15 is 0 Å². The number of piperidine rings is 1. The summed E-state index contributed by atoms with van der Waals surface area (Å²) < 4.78 is 28.6. The number of fused-ring (bicyclic) bond motifs is 1. The Morgan fingerprint density at radius 3 is 2.39 bits per heavy atom. The van der Waals surface area contributed by atoms with Crippen molar-refractivity contribution in [1.82, 2.24) is 9.80 Å². The van der Waals surface area contributed by atoms with Gasteiger partial charge in [-0.25, -0.2) is 0 Å². The zero-order valence-corrected chi connectivity index (χ0v) is 31.4. The van der Waals surface area contributed by atoms with E-state index in [0.29, 0.717) is 33.0 Å². The minimum Gasteiger partial charge on any atom is -0.497 e. The van der Waals surface area contributed by atoms with Crippen molar-refractivity contribution in [2.24, 2.45) is 0 Å². The predicted octanol–water partition coefficient (Wildman–Crippen LogP) is 7.44. The average Bonchev–Trinajstić information content (AvgIpc) is 3.15. The molecule has 9 nitrogen and oxygen atoms in total. The number of likely N-dealkylation sites (tertiary alicyclic amines) is 1. The number of ether oxygens (including phenoxy) is 3. The summed E-state index contributed by atoms with van der Waals surface area (Å²) in [5.41, 5.74) is 2.40. The van der Waals surface area contributed by atoms with Gasteiger partial charge in [-0.05, 0) is 97.0 Å². The van der Waals surface area contributed by atoms with Crippen LogP contribution in [0, 0.1) is 11.3 Å². The molecule has 1 heterocycles. The van der Waals surface area contributed by atoms with Crippen LogP contribution in [0.25, 0.3) is 10.8 Å². The Labute approximate surface area is 311 Å². The van der Waals surface area contributed by atoms with Crippen LogP contribution < -0.4 is 9.47 Å². The molecule has 1 fully saturated rings. The minimum atomic E-state index is -1.14. The molecule has 0 aliphatic carbocycles. The summed E-state index contributed by atoms with van der Waals surface area (Å²) in [6.45, 7) is 2.26. The number of esters is 1. The van der Waals surface area contributed by atoms with Gasteiger partial charge in [-0.2, -0.15) is 5.26 Å². The van der Waals surface area contributed by atoms with Crippen LogP contribution in [0.15, 0.2) is 71.6 Å². The first kappa shape index (κ1) is 38.1. The van der Waals surface area contributed by atoms with Crippen LogP contribution in [0.4, 0.5) is 0 Å². The monoisotopic (exact) mass is 749 g/mol. The quantitative estimate of drug-likeness (QED) is 0.130. The van der Waals surface area contributed by atoms with Gasteiger partial charge in [0.2, 0.25) is 0 Å². The van der Waals surface area contributed by atoms with Crippen LogP contribution in [0.5, 0.6) is 11.5 Å². The molecule has 0 aromatic heterocycles. The fraction of sp³-hybridized carbons (Fsp3) is 0.359. The first-order valence-corrected chi connectivity index (χ1v) is 18.9. The number of carbonyl (C=O) groups excluding carboxylic acids is 2. The normalized spacial score (nSPS) is 14.8. The molecule has 1 amide bonds. The first-order chi connectivity index (χ1) is 24.6. The third kappa shape index (κ3) is 8.85. The minimum absolute atomic E-state index is 0.150. The predicted molar refractivity (Wildman–Crippen MR) is 201 cm³/mol. The molecule has 12 heteroatoms. The van der Waals surface area contributed by atoms with E-state index in [-0.39, 0.29) is 41.8 Å². The van der Waals surface area contributed by atoms with E-state index in [0.717, 1.165) is 48.5 Å². The zero-order chi connectivity index (χ0) is 36.7. The Kier molecular flexibility index (Phi) is 13.0. The highest BCUT2D eigenvalue weighted by molar-refractivity contribution is 7.84. The Balaban J connectivity index is 1.42. The second-order valence-electron chi connectivity index (χ2n) is 12.6. The van der Waals surface area contributed by atoms with E-state index < -0.39 is 22.7 Å². The molecular formula is C39H41Cl2N3O6S. The standard InChI is InChI=1S/C39H41Cl2N3O6S/c1-48-30-10-11-31(35(21-30)51(4)47)25-13-16-43(17-14-25)18-15-28(26-9-12-33(40)34(41)20-26)23-44(24-36(45)49-2)39(46)37-32-8-6-5-7-27(32)19-29(22-42)38(37)50-3/h5-12,19-21,25,28H,13-18,23-24H2,1-4H3. The molecule has 4 aromatic rings. The summed E-state index contributed by atoms with van der Waals surface area (Å²) >= 11 is 12.8. The highest BCUT2D eigenvalue weighted by Gasteiger charge is 2.30. The summed E-state index contributed by atoms with van der Waals surface area (Å²) in [7, 11) is 3.17. The number of hydrogen-bond donors (Lipinski definition) is 0. The number of methoxy groups -OCH3 is 3. The van der Waals surface area contributed by atoms with Gasteiger partial charge in [0.05, 0.1) is 53.3 Å². The lowest BCUT2D eigenvalue weighted by Crippen LogP contribution is -2.40. The summed E-state index contributed by atoms with van der Waals surface area (Å²) in [6.07, 6.45) is 4.16. The van der Waals surface area contributed by atoms with Gasteiger partial charge in [-0.1, -0.05) is 59.6 Å². The number of hydrogen-bond acceptors (Lipinski definition) is 8. The maximum Gasteiger partial charge on any atom is 0.325 e. The summed E-state index contributed by atoms with van der Waals surface area (Å²) in [6, 6.07) is 22.4. The number of rotatable bonds is 13. The molecule has 5 rings (SSSR count). The van der Waals surface area contributed by atoms with Crippen LogP contribution in [0.1, 0.15) is 58.1 Å². The van der Waals surface area contributed by atoms with Crippen molar-refractivity contribution in [3.8, 4) is 17.6 Å². The van der Waals surface area contributed by atoms with Crippen molar-refractivity contribution in [2.45, 2.75) is 36.0 Å². The zero-order valence-electron chi connectivity index (χ0n) is 29.1. The molecule has 2 unspecified atom stereocenters. The molecule has 0 N–H and O–H groups in total. The van der Waals surface area contributed by atoms with E-state index in [1.165, 1.54) is 19.1 Å². The van der Waals surface area contributed by atoms with E-state index in [9.17, 15) is 19.1 Å². The fourth-order valence-electron chi connectivity index (χ4n) is 6.86. The molecule has 1 saturated heterocycles. The maximum absolute atomic E-state index is 14.6. The molecule has 0 radical (unpaired) electrons. The molecule has 1 aliphatic heterocycles. The van der Waals surface area contributed by atoms with E-state index in [4.69, 9.17) is 37.4 Å². The topological polar surface area (TPSA) is 109 Å². The molecular weight excluding hydrogens is 709 g/mol. The number of nitriles is 1. The van der Waals surface area contributed by atoms with Gasteiger partial charge in [0, 0.05) is 23.6 Å². The van der Waals surface area contributed by atoms with Crippen LogP contribution in [-0.4, -0.2) is 86.2 Å². The van der Waals surface area contributed by atoms with Gasteiger partial charge in [-0.15, -0.1) is 0 Å². The number of carbonyl (C=O) groups is 2. The van der Waals surface area contributed by atoms with Crippen molar-refractivity contribution >= 4 is 56.7 Å². The van der Waals surface area contributed by atoms with Gasteiger partial charge in [0.25, 0.3) is 5.91 Å². The van der Waals surface area contributed by atoms with Gasteiger partial charge in [0.1, 0.15) is 24.1 Å². The third-order valence-corrected chi connectivity index (χ3v) is 11.3. The highest BCUT2D eigenvalue weighted by Crippen LogP contribution is 2.37. The van der Waals surface area contributed by atoms with Crippen molar-refractivity contribution in [3.63, 3.8) is 0 Å². The Morgan fingerprint density at radius 1 is 1.00 bits per heavy atom. The van der Waals surface area contributed by atoms with Crippen LogP contribution in [0.3, 0.4) is 0 Å². The molecule has 1 aliphatic rings. The van der Waals surface area contributed by atoms with Gasteiger partial charge in [-0.3, -0.25) is 13.8 Å². The number of halogens is 2. The lowest BCUT2D eigenvalue weighted by atomic mass is 9.88. The molecule has 4 aromatic carbocycles. The summed E-state index contributed by atoms with van der Waals surface area (Å²) in [5.74, 6) is -0.156. The third-order valence-electron chi connectivity index (χ3n) is 9.58. The van der Waals surface area contributed by atoms with E-state index in [2.05, 4.69) is 11.0 Å². The molecule has 268 valence electrons. The van der Waals surface area contributed by atoms with Gasteiger partial charge in [0.15, 0.2) is 0 Å². The first-order valence-electron chi connectivity index (χ1n) is 16.6. The van der Waals surface area contributed by atoms with Crippen LogP contribution in [0.2, 0.25) is 10.0 Å². The largest absolute Gasteiger partial charge is 0.497 e.